The van der Waals surface area contributed by atoms with E-state index >= 15 is 0 Å². The Bertz CT molecular complexity index is 1080. The van der Waals surface area contributed by atoms with E-state index in [1.165, 1.54) is 0 Å². The first-order valence-electron chi connectivity index (χ1n) is 14.0. The van der Waals surface area contributed by atoms with Gasteiger partial charge in [-0.1, -0.05) is 31.9 Å². The van der Waals surface area contributed by atoms with Crippen molar-refractivity contribution in [3.05, 3.63) is 29.8 Å². The van der Waals surface area contributed by atoms with Crippen molar-refractivity contribution in [2.24, 2.45) is 0 Å². The number of thioether (sulfide) groups is 1. The smallest absolute Gasteiger partial charge is 0.317 e. The van der Waals surface area contributed by atoms with Crippen molar-refractivity contribution in [1.29, 1.82) is 5.26 Å². The molecule has 0 saturated carbocycles. The summed E-state index contributed by atoms with van der Waals surface area (Å²) in [5.41, 5.74) is 0.873. The lowest BCUT2D eigenvalue weighted by Crippen LogP contribution is -2.55. The van der Waals surface area contributed by atoms with Crippen LogP contribution in [-0.4, -0.2) is 141 Å². The quantitative estimate of drug-likeness (QED) is 0.175. The number of thiocyanates is 1. The highest BCUT2D eigenvalue weighted by atomic mass is 32.2. The van der Waals surface area contributed by atoms with E-state index < -0.39 is 29.9 Å². The van der Waals surface area contributed by atoms with Crippen molar-refractivity contribution in [2.45, 2.75) is 49.6 Å². The number of carboxylic acids is 4. The third-order valence-electron chi connectivity index (χ3n) is 7.22. The maximum absolute atomic E-state index is 11.9. The highest BCUT2D eigenvalue weighted by molar-refractivity contribution is 8.03. The second-order valence-electron chi connectivity index (χ2n) is 10.5. The molecule has 0 radical (unpaired) electrons. The SMILES string of the molecule is CCCCC1CN(CC(=O)O)CC(Cc2ccc(SC#N)cc2)N(CC(=O)O)CCN(CC(=O)O)CCN1CC(=O)O. The molecule has 0 aromatic heterocycles. The highest BCUT2D eigenvalue weighted by Gasteiger charge is 2.30. The average molecular weight is 608 g/mol. The van der Waals surface area contributed by atoms with Crippen molar-refractivity contribution < 1.29 is 39.6 Å². The summed E-state index contributed by atoms with van der Waals surface area (Å²) in [6, 6.07) is 6.56. The lowest BCUT2D eigenvalue weighted by atomic mass is 10.0. The minimum Gasteiger partial charge on any atom is -0.480 e. The second-order valence-corrected chi connectivity index (χ2v) is 11.3. The van der Waals surface area contributed by atoms with Crippen LogP contribution in [0.4, 0.5) is 0 Å². The molecule has 1 fully saturated rings. The standard InChI is InChI=1S/C28H41N5O8S/c1-2-3-4-22-14-31(17-26(36)37)15-23(13-21-5-7-24(8-6-21)42-20-29)33(19-28(40)41)12-10-30(16-25(34)35)9-11-32(22)18-27(38)39/h5-8,22-23H,2-4,9-19H2,1H3,(H,34,35)(H,36,37)(H,38,39)(H,40,41). The minimum absolute atomic E-state index is 0.205. The molecular formula is C28H41N5O8S. The summed E-state index contributed by atoms with van der Waals surface area (Å²) in [7, 11) is 0. The van der Waals surface area contributed by atoms with E-state index in [9.17, 15) is 39.6 Å². The van der Waals surface area contributed by atoms with Crippen LogP contribution in [0.2, 0.25) is 0 Å². The lowest BCUT2D eigenvalue weighted by molar-refractivity contribution is -0.142. The largest absolute Gasteiger partial charge is 0.480 e. The van der Waals surface area contributed by atoms with Gasteiger partial charge in [0.15, 0.2) is 0 Å². The van der Waals surface area contributed by atoms with E-state index in [1.54, 1.807) is 31.7 Å². The predicted molar refractivity (Wildman–Crippen MR) is 155 cm³/mol. The van der Waals surface area contributed by atoms with E-state index in [0.29, 0.717) is 12.8 Å². The Hall–Kier alpha value is -3.22. The normalized spacial score (nSPS) is 20.2. The van der Waals surface area contributed by atoms with Crippen molar-refractivity contribution in [2.75, 3.05) is 65.4 Å². The molecule has 2 atom stereocenters. The zero-order chi connectivity index (χ0) is 31.1. The molecule has 1 aliphatic rings. The zero-order valence-corrected chi connectivity index (χ0v) is 24.7. The molecule has 0 aliphatic carbocycles. The molecule has 1 aromatic rings. The van der Waals surface area contributed by atoms with Gasteiger partial charge in [-0.05, 0) is 42.3 Å². The van der Waals surface area contributed by atoms with Gasteiger partial charge in [-0.2, -0.15) is 5.26 Å². The van der Waals surface area contributed by atoms with Crippen molar-refractivity contribution >= 4 is 35.6 Å². The van der Waals surface area contributed by atoms with Crippen LogP contribution in [0.3, 0.4) is 0 Å². The maximum Gasteiger partial charge on any atom is 0.317 e. The zero-order valence-electron chi connectivity index (χ0n) is 23.9. The number of carbonyl (C=O) groups is 4. The van der Waals surface area contributed by atoms with Gasteiger partial charge in [-0.15, -0.1) is 0 Å². The van der Waals surface area contributed by atoms with E-state index in [2.05, 4.69) is 0 Å². The summed E-state index contributed by atoms with van der Waals surface area (Å²) in [5.74, 6) is -4.17. The molecule has 13 nitrogen and oxygen atoms in total. The molecule has 0 amide bonds. The monoisotopic (exact) mass is 607 g/mol. The Morgan fingerprint density at radius 1 is 0.786 bits per heavy atom. The Morgan fingerprint density at radius 3 is 1.79 bits per heavy atom. The fourth-order valence-corrected chi connectivity index (χ4v) is 5.66. The summed E-state index contributed by atoms with van der Waals surface area (Å²) in [5, 5.41) is 49.7. The number of nitriles is 1. The van der Waals surface area contributed by atoms with Gasteiger partial charge < -0.3 is 20.4 Å². The average Bonchev–Trinajstić information content (AvgIpc) is 2.90. The fraction of sp³-hybridized carbons (Fsp3) is 0.607. The Balaban J connectivity index is 2.54. The first kappa shape index (κ1) is 35.0. The van der Waals surface area contributed by atoms with Crippen molar-refractivity contribution in [3.63, 3.8) is 0 Å². The molecule has 1 aromatic carbocycles. The summed E-state index contributed by atoms with van der Waals surface area (Å²) in [4.78, 5) is 55.1. The van der Waals surface area contributed by atoms with E-state index in [-0.39, 0.29) is 71.5 Å². The number of rotatable bonds is 14. The van der Waals surface area contributed by atoms with Gasteiger partial charge in [0, 0.05) is 56.2 Å². The minimum atomic E-state index is -1.06. The maximum atomic E-state index is 11.9. The predicted octanol–water partition coefficient (Wildman–Crippen LogP) is 1.29. The van der Waals surface area contributed by atoms with Crippen molar-refractivity contribution in [1.82, 2.24) is 19.6 Å². The van der Waals surface area contributed by atoms with Gasteiger partial charge in [0.25, 0.3) is 0 Å². The van der Waals surface area contributed by atoms with Crippen LogP contribution in [0.25, 0.3) is 0 Å². The third kappa shape index (κ3) is 13.2. The van der Waals surface area contributed by atoms with Crippen LogP contribution >= 0.6 is 11.8 Å². The summed E-state index contributed by atoms with van der Waals surface area (Å²) >= 11 is 1.02. The molecule has 2 unspecified atom stereocenters. The van der Waals surface area contributed by atoms with Crippen LogP contribution in [0.15, 0.2) is 29.2 Å². The van der Waals surface area contributed by atoms with E-state index in [4.69, 9.17) is 5.26 Å². The van der Waals surface area contributed by atoms with Crippen LogP contribution in [0.5, 0.6) is 0 Å². The van der Waals surface area contributed by atoms with Gasteiger partial charge in [0.2, 0.25) is 0 Å². The van der Waals surface area contributed by atoms with Gasteiger partial charge in [-0.25, -0.2) is 0 Å². The first-order valence-corrected chi connectivity index (χ1v) is 14.8. The highest BCUT2D eigenvalue weighted by Crippen LogP contribution is 2.20. The topological polar surface area (TPSA) is 186 Å². The number of benzene rings is 1. The van der Waals surface area contributed by atoms with E-state index in [0.717, 1.165) is 35.1 Å². The number of carboxylic acid groups (broad SMARTS) is 4. The molecule has 14 heteroatoms. The summed E-state index contributed by atoms with van der Waals surface area (Å²) < 4.78 is 0. The third-order valence-corrected chi connectivity index (χ3v) is 7.82. The molecule has 0 bridgehead atoms. The number of hydrogen-bond donors (Lipinski definition) is 4. The van der Waals surface area contributed by atoms with Crippen LogP contribution in [-0.2, 0) is 25.6 Å². The lowest BCUT2D eigenvalue weighted by Gasteiger charge is -2.40. The van der Waals surface area contributed by atoms with Crippen LogP contribution in [0, 0.1) is 10.7 Å². The number of hydrogen-bond acceptors (Lipinski definition) is 10. The molecule has 1 heterocycles. The van der Waals surface area contributed by atoms with Crippen molar-refractivity contribution in [3.8, 4) is 5.40 Å². The molecule has 232 valence electrons. The first-order chi connectivity index (χ1) is 20.0. The summed E-state index contributed by atoms with van der Waals surface area (Å²) in [6.45, 7) is 2.27. The number of nitrogens with zero attached hydrogens (tertiary/aromatic N) is 5. The van der Waals surface area contributed by atoms with Crippen LogP contribution in [0.1, 0.15) is 31.7 Å². The Morgan fingerprint density at radius 2 is 1.29 bits per heavy atom. The summed E-state index contributed by atoms with van der Waals surface area (Å²) in [6.07, 6.45) is 2.66. The van der Waals surface area contributed by atoms with E-state index in [1.807, 2.05) is 24.5 Å². The number of aliphatic carboxylic acids is 4. The van der Waals surface area contributed by atoms with Gasteiger partial charge in [-0.3, -0.25) is 38.8 Å². The molecule has 0 spiro atoms. The fourth-order valence-electron chi connectivity index (χ4n) is 5.28. The van der Waals surface area contributed by atoms with Crippen LogP contribution < -0.4 is 0 Å². The molecule has 42 heavy (non-hydrogen) atoms. The molecule has 1 aliphatic heterocycles. The molecular weight excluding hydrogens is 566 g/mol. The van der Waals surface area contributed by atoms with Gasteiger partial charge in [0.05, 0.1) is 26.2 Å². The molecule has 2 rings (SSSR count). The second kappa shape index (κ2) is 18.3. The Kier molecular flexibility index (Phi) is 15.3. The Labute approximate surface area is 250 Å². The number of unbranched alkanes of at least 4 members (excludes halogenated alkanes) is 1. The molecule has 1 saturated heterocycles. The van der Waals surface area contributed by atoms with Gasteiger partial charge >= 0.3 is 23.9 Å². The molecule has 4 N–H and O–H groups in total. The van der Waals surface area contributed by atoms with Gasteiger partial charge in [0.1, 0.15) is 5.40 Å².